The van der Waals surface area contributed by atoms with Gasteiger partial charge in [0.2, 0.25) is 5.52 Å². The minimum Gasteiger partial charge on any atom is -0.379 e. The Bertz CT molecular complexity index is 784. The SMILES string of the molecule is O=[N+]([O-])c1ccc(NC2CCS(=O)(=O)C2)c2nonc12. The average molecular weight is 298 g/mol. The Morgan fingerprint density at radius 3 is 2.75 bits per heavy atom. The molecule has 1 aromatic carbocycles. The van der Waals surface area contributed by atoms with Gasteiger partial charge in [-0.1, -0.05) is 0 Å². The number of nitro groups is 1. The van der Waals surface area contributed by atoms with Crippen LogP contribution in [0.2, 0.25) is 0 Å². The number of hydrogen-bond donors (Lipinski definition) is 1. The fourth-order valence-electron chi connectivity index (χ4n) is 2.25. The zero-order valence-electron chi connectivity index (χ0n) is 10.1. The van der Waals surface area contributed by atoms with E-state index in [0.29, 0.717) is 12.1 Å². The molecule has 0 saturated carbocycles. The molecule has 3 rings (SSSR count). The summed E-state index contributed by atoms with van der Waals surface area (Å²) in [6.45, 7) is 0. The molecule has 1 atom stereocenters. The number of fused-ring (bicyclic) bond motifs is 1. The van der Waals surface area contributed by atoms with Crippen LogP contribution in [0.1, 0.15) is 6.42 Å². The monoisotopic (exact) mass is 298 g/mol. The summed E-state index contributed by atoms with van der Waals surface area (Å²) in [7, 11) is -3.01. The van der Waals surface area contributed by atoms with Gasteiger partial charge in [-0.05, 0) is 22.8 Å². The molecule has 10 heteroatoms. The van der Waals surface area contributed by atoms with Gasteiger partial charge in [0.15, 0.2) is 15.4 Å². The number of aromatic nitrogens is 2. The van der Waals surface area contributed by atoms with Crippen LogP contribution in [0.25, 0.3) is 11.0 Å². The molecule has 1 N–H and O–H groups in total. The Morgan fingerprint density at radius 1 is 1.35 bits per heavy atom. The molecular formula is C10H10N4O5S. The van der Waals surface area contributed by atoms with Gasteiger partial charge in [-0.2, -0.15) is 0 Å². The summed E-state index contributed by atoms with van der Waals surface area (Å²) in [5, 5.41) is 21.0. The highest BCUT2D eigenvalue weighted by molar-refractivity contribution is 7.91. The molecule has 20 heavy (non-hydrogen) atoms. The first-order chi connectivity index (χ1) is 9.46. The lowest BCUT2D eigenvalue weighted by molar-refractivity contribution is -0.383. The van der Waals surface area contributed by atoms with Gasteiger partial charge in [-0.25, -0.2) is 13.0 Å². The molecule has 106 valence electrons. The van der Waals surface area contributed by atoms with Crippen LogP contribution in [0, 0.1) is 10.1 Å². The summed E-state index contributed by atoms with van der Waals surface area (Å²) in [6.07, 6.45) is 0.492. The third-order valence-electron chi connectivity index (χ3n) is 3.18. The van der Waals surface area contributed by atoms with Crippen molar-refractivity contribution in [2.45, 2.75) is 12.5 Å². The molecule has 0 aliphatic carbocycles. The number of hydrogen-bond acceptors (Lipinski definition) is 8. The van der Waals surface area contributed by atoms with Crippen LogP contribution >= 0.6 is 0 Å². The van der Waals surface area contributed by atoms with E-state index in [2.05, 4.69) is 20.3 Å². The number of nitrogens with zero attached hydrogens (tertiary/aromatic N) is 3. The van der Waals surface area contributed by atoms with Crippen molar-refractivity contribution in [1.82, 2.24) is 10.3 Å². The molecule has 9 nitrogen and oxygen atoms in total. The Morgan fingerprint density at radius 2 is 2.10 bits per heavy atom. The van der Waals surface area contributed by atoms with E-state index in [1.54, 1.807) is 0 Å². The number of nitro benzene ring substituents is 1. The number of rotatable bonds is 3. The Hall–Kier alpha value is -2.23. The fraction of sp³-hybridized carbons (Fsp3) is 0.400. The third kappa shape index (κ3) is 2.18. The number of nitrogens with one attached hydrogen (secondary N) is 1. The van der Waals surface area contributed by atoms with E-state index in [1.165, 1.54) is 12.1 Å². The second-order valence-corrected chi connectivity index (χ2v) is 6.82. The van der Waals surface area contributed by atoms with Gasteiger partial charge in [0.1, 0.15) is 0 Å². The largest absolute Gasteiger partial charge is 0.379 e. The molecule has 0 radical (unpaired) electrons. The molecule has 1 aliphatic rings. The lowest BCUT2D eigenvalue weighted by Gasteiger charge is -2.11. The van der Waals surface area contributed by atoms with E-state index in [1.807, 2.05) is 0 Å². The van der Waals surface area contributed by atoms with Crippen molar-refractivity contribution in [2.75, 3.05) is 16.8 Å². The van der Waals surface area contributed by atoms with Gasteiger partial charge < -0.3 is 5.32 Å². The quantitative estimate of drug-likeness (QED) is 0.648. The van der Waals surface area contributed by atoms with Crippen LogP contribution in [-0.2, 0) is 9.84 Å². The summed E-state index contributed by atoms with van der Waals surface area (Å²) < 4.78 is 27.4. The number of benzene rings is 1. The second-order valence-electron chi connectivity index (χ2n) is 4.60. The molecular weight excluding hydrogens is 288 g/mol. The molecule has 1 saturated heterocycles. The van der Waals surface area contributed by atoms with E-state index < -0.39 is 14.8 Å². The van der Waals surface area contributed by atoms with Gasteiger partial charge in [-0.3, -0.25) is 10.1 Å². The first-order valence-electron chi connectivity index (χ1n) is 5.83. The van der Waals surface area contributed by atoms with Crippen molar-refractivity contribution >= 4 is 32.2 Å². The number of sulfone groups is 1. The molecule has 1 unspecified atom stereocenters. The van der Waals surface area contributed by atoms with E-state index in [4.69, 9.17) is 0 Å². The van der Waals surface area contributed by atoms with Gasteiger partial charge in [0.25, 0.3) is 0 Å². The van der Waals surface area contributed by atoms with Crippen LogP contribution in [0.15, 0.2) is 16.8 Å². The zero-order chi connectivity index (χ0) is 14.3. The first-order valence-corrected chi connectivity index (χ1v) is 7.65. The highest BCUT2D eigenvalue weighted by Crippen LogP contribution is 2.30. The Kier molecular flexibility index (Phi) is 2.82. The molecule has 0 spiro atoms. The topological polar surface area (TPSA) is 128 Å². The summed E-state index contributed by atoms with van der Waals surface area (Å²) >= 11 is 0. The minimum absolute atomic E-state index is 0.0385. The molecule has 2 aromatic rings. The van der Waals surface area contributed by atoms with Gasteiger partial charge in [-0.15, -0.1) is 0 Å². The zero-order valence-corrected chi connectivity index (χ0v) is 11.0. The smallest absolute Gasteiger partial charge is 0.300 e. The van der Waals surface area contributed by atoms with Crippen LogP contribution in [0.4, 0.5) is 11.4 Å². The van der Waals surface area contributed by atoms with Crippen molar-refractivity contribution < 1.29 is 18.0 Å². The molecule has 2 heterocycles. The van der Waals surface area contributed by atoms with E-state index in [0.717, 1.165) is 0 Å². The minimum atomic E-state index is -3.01. The van der Waals surface area contributed by atoms with Crippen molar-refractivity contribution in [3.8, 4) is 0 Å². The Labute approximate surface area is 113 Å². The maximum Gasteiger partial charge on any atom is 0.300 e. The van der Waals surface area contributed by atoms with E-state index in [-0.39, 0.29) is 34.3 Å². The van der Waals surface area contributed by atoms with Crippen LogP contribution in [0.5, 0.6) is 0 Å². The van der Waals surface area contributed by atoms with Crippen LogP contribution in [0.3, 0.4) is 0 Å². The van der Waals surface area contributed by atoms with E-state index in [9.17, 15) is 18.5 Å². The fourth-order valence-corrected chi connectivity index (χ4v) is 3.92. The highest BCUT2D eigenvalue weighted by Gasteiger charge is 2.29. The number of non-ortho nitro benzene ring substituents is 1. The maximum absolute atomic E-state index is 11.4. The molecule has 1 aliphatic heterocycles. The lowest BCUT2D eigenvalue weighted by Crippen LogP contribution is -2.20. The van der Waals surface area contributed by atoms with Crippen molar-refractivity contribution in [3.05, 3.63) is 22.2 Å². The average Bonchev–Trinajstić information content (AvgIpc) is 2.96. The Balaban J connectivity index is 1.95. The molecule has 0 amide bonds. The predicted octanol–water partition coefficient (Wildman–Crippen LogP) is 0.730. The second kappa shape index (κ2) is 4.40. The van der Waals surface area contributed by atoms with Crippen LogP contribution in [-0.4, -0.2) is 41.2 Å². The van der Waals surface area contributed by atoms with Gasteiger partial charge in [0, 0.05) is 12.1 Å². The maximum atomic E-state index is 11.4. The van der Waals surface area contributed by atoms with Gasteiger partial charge in [0.05, 0.1) is 22.1 Å². The van der Waals surface area contributed by atoms with Crippen LogP contribution < -0.4 is 5.32 Å². The lowest BCUT2D eigenvalue weighted by atomic mass is 10.2. The summed E-state index contributed by atoms with van der Waals surface area (Å²) in [6, 6.07) is 2.54. The summed E-state index contributed by atoms with van der Waals surface area (Å²) in [5.74, 6) is 0.175. The third-order valence-corrected chi connectivity index (χ3v) is 4.95. The molecule has 1 aromatic heterocycles. The van der Waals surface area contributed by atoms with Crippen molar-refractivity contribution in [1.29, 1.82) is 0 Å². The summed E-state index contributed by atoms with van der Waals surface area (Å²) in [5.41, 5.74) is 0.546. The predicted molar refractivity (Wildman–Crippen MR) is 69.1 cm³/mol. The normalized spacial score (nSPS) is 21.1. The first kappa shape index (κ1) is 12.8. The molecule has 0 bridgehead atoms. The van der Waals surface area contributed by atoms with Crippen molar-refractivity contribution in [2.24, 2.45) is 0 Å². The van der Waals surface area contributed by atoms with Gasteiger partial charge >= 0.3 is 5.69 Å². The summed E-state index contributed by atoms with van der Waals surface area (Å²) in [4.78, 5) is 10.3. The highest BCUT2D eigenvalue weighted by atomic mass is 32.2. The standard InChI is InChI=1S/C10H10N4O5S/c15-14(16)8-2-1-7(9-10(8)13-19-12-9)11-6-3-4-20(17,18)5-6/h1-2,6,11H,3-5H2. The molecule has 1 fully saturated rings. The van der Waals surface area contributed by atoms with Crippen molar-refractivity contribution in [3.63, 3.8) is 0 Å². The van der Waals surface area contributed by atoms with E-state index >= 15 is 0 Å². The number of anilines is 1.